The second-order valence-corrected chi connectivity index (χ2v) is 9.17. The normalized spacial score (nSPS) is 15.7. The average molecular weight is 570 g/mol. The van der Waals surface area contributed by atoms with Crippen LogP contribution in [-0.4, -0.2) is 36.2 Å². The second-order valence-electron chi connectivity index (χ2n) is 8.33. The van der Waals surface area contributed by atoms with E-state index in [1.165, 1.54) is 60.7 Å². The fourth-order valence-corrected chi connectivity index (χ4v) is 4.21. The lowest BCUT2D eigenvalue weighted by molar-refractivity contribution is -0.344. The quantitative estimate of drug-likeness (QED) is 0.298. The standard InChI is InChI=1S/C26H20Cl2F3NO6/c27-16-5-1-14(2-6-16)11-23(38-26(29,30)31)32-24(33)15-3-7-17(8-4-15)37-22-13-21-19(12-20(22)28)18(25(34)35)9-10-36-21/h1-8,12-13,18,23H,9-11H2,(H,32,33)(H,34,35). The number of hydrogen-bond acceptors (Lipinski definition) is 5. The Balaban J connectivity index is 1.45. The number of amides is 1. The molecule has 4 rings (SSSR count). The molecule has 12 heteroatoms. The van der Waals surface area contributed by atoms with E-state index in [-0.39, 0.29) is 35.1 Å². The molecular formula is C26H20Cl2F3NO6. The lowest BCUT2D eigenvalue weighted by Crippen LogP contribution is -2.41. The maximum absolute atomic E-state index is 12.9. The van der Waals surface area contributed by atoms with Gasteiger partial charge in [0, 0.05) is 28.6 Å². The van der Waals surface area contributed by atoms with E-state index in [1.54, 1.807) is 0 Å². The van der Waals surface area contributed by atoms with Gasteiger partial charge in [-0.3, -0.25) is 14.3 Å². The van der Waals surface area contributed by atoms with Crippen molar-refractivity contribution in [3.8, 4) is 17.2 Å². The number of carboxylic acid groups (broad SMARTS) is 1. The van der Waals surface area contributed by atoms with E-state index < -0.39 is 30.4 Å². The third-order valence-corrected chi connectivity index (χ3v) is 6.20. The van der Waals surface area contributed by atoms with Crippen LogP contribution in [0.4, 0.5) is 13.2 Å². The lowest BCUT2D eigenvalue weighted by Gasteiger charge is -2.24. The molecule has 0 fully saturated rings. The molecule has 1 heterocycles. The molecule has 38 heavy (non-hydrogen) atoms. The number of nitrogens with one attached hydrogen (secondary N) is 1. The van der Waals surface area contributed by atoms with E-state index in [0.717, 1.165) is 0 Å². The average Bonchev–Trinajstić information content (AvgIpc) is 2.85. The van der Waals surface area contributed by atoms with Crippen LogP contribution < -0.4 is 14.8 Å². The summed E-state index contributed by atoms with van der Waals surface area (Å²) in [6.07, 6.45) is -6.57. The van der Waals surface area contributed by atoms with Crippen LogP contribution in [0.1, 0.15) is 33.8 Å². The van der Waals surface area contributed by atoms with Crippen LogP contribution in [0.5, 0.6) is 17.2 Å². The molecule has 1 aliphatic rings. The molecule has 0 spiro atoms. The summed E-state index contributed by atoms with van der Waals surface area (Å²) in [5.74, 6) is -1.69. The molecule has 1 aliphatic heterocycles. The van der Waals surface area contributed by atoms with E-state index in [4.69, 9.17) is 32.7 Å². The van der Waals surface area contributed by atoms with Gasteiger partial charge in [-0.15, -0.1) is 13.2 Å². The summed E-state index contributed by atoms with van der Waals surface area (Å²) in [5, 5.41) is 12.2. The Morgan fingerprint density at radius 1 is 1.08 bits per heavy atom. The first-order valence-electron chi connectivity index (χ1n) is 11.3. The summed E-state index contributed by atoms with van der Waals surface area (Å²) < 4.78 is 54.2. The molecule has 2 atom stereocenters. The number of hydrogen-bond donors (Lipinski definition) is 2. The molecule has 0 saturated heterocycles. The van der Waals surface area contributed by atoms with Crippen LogP contribution in [0.3, 0.4) is 0 Å². The zero-order valence-electron chi connectivity index (χ0n) is 19.4. The molecule has 0 saturated carbocycles. The van der Waals surface area contributed by atoms with Crippen molar-refractivity contribution in [3.05, 3.63) is 87.4 Å². The van der Waals surface area contributed by atoms with Crippen molar-refractivity contribution in [2.45, 2.75) is 31.3 Å². The Morgan fingerprint density at radius 3 is 2.39 bits per heavy atom. The summed E-state index contributed by atoms with van der Waals surface area (Å²) >= 11 is 12.1. The molecule has 7 nitrogen and oxygen atoms in total. The van der Waals surface area contributed by atoms with Gasteiger partial charge < -0.3 is 19.9 Å². The van der Waals surface area contributed by atoms with Crippen LogP contribution in [-0.2, 0) is 16.0 Å². The van der Waals surface area contributed by atoms with E-state index in [2.05, 4.69) is 10.1 Å². The number of fused-ring (bicyclic) bond motifs is 1. The minimum atomic E-state index is -4.97. The SMILES string of the molecule is O=C(NC(Cc1ccc(Cl)cc1)OC(F)(F)F)c1ccc(Oc2cc3c(cc2Cl)C(C(=O)O)CCO3)cc1. The van der Waals surface area contributed by atoms with Gasteiger partial charge in [0.1, 0.15) is 23.5 Å². The molecular weight excluding hydrogens is 550 g/mol. The van der Waals surface area contributed by atoms with Crippen molar-refractivity contribution in [1.82, 2.24) is 5.32 Å². The van der Waals surface area contributed by atoms with Gasteiger partial charge >= 0.3 is 12.3 Å². The second kappa shape index (κ2) is 11.5. The predicted octanol–water partition coefficient (Wildman–Crippen LogP) is 6.57. The number of aliphatic carboxylic acids is 1. The van der Waals surface area contributed by atoms with Gasteiger partial charge in [-0.1, -0.05) is 35.3 Å². The van der Waals surface area contributed by atoms with E-state index in [0.29, 0.717) is 28.3 Å². The zero-order chi connectivity index (χ0) is 27.4. The maximum atomic E-state index is 12.9. The number of carbonyl (C=O) groups is 2. The van der Waals surface area contributed by atoms with Crippen LogP contribution in [0.15, 0.2) is 60.7 Å². The van der Waals surface area contributed by atoms with Crippen molar-refractivity contribution in [2.75, 3.05) is 6.61 Å². The molecule has 0 radical (unpaired) electrons. The third kappa shape index (κ3) is 7.09. The molecule has 0 bridgehead atoms. The van der Waals surface area contributed by atoms with Crippen LogP contribution in [0, 0.1) is 0 Å². The van der Waals surface area contributed by atoms with Crippen LogP contribution >= 0.6 is 23.2 Å². The van der Waals surface area contributed by atoms with Crippen molar-refractivity contribution >= 4 is 35.1 Å². The maximum Gasteiger partial charge on any atom is 0.524 e. The smallest absolute Gasteiger partial charge is 0.493 e. The summed E-state index contributed by atoms with van der Waals surface area (Å²) in [6, 6.07) is 14.7. The molecule has 3 aromatic rings. The van der Waals surface area contributed by atoms with Gasteiger partial charge in [0.25, 0.3) is 5.91 Å². The highest BCUT2D eigenvalue weighted by molar-refractivity contribution is 6.32. The fourth-order valence-electron chi connectivity index (χ4n) is 3.87. The van der Waals surface area contributed by atoms with E-state index >= 15 is 0 Å². The zero-order valence-corrected chi connectivity index (χ0v) is 20.9. The molecule has 2 N–H and O–H groups in total. The Morgan fingerprint density at radius 2 is 1.76 bits per heavy atom. The monoisotopic (exact) mass is 569 g/mol. The summed E-state index contributed by atoms with van der Waals surface area (Å²) in [7, 11) is 0. The largest absolute Gasteiger partial charge is 0.524 e. The first kappa shape index (κ1) is 27.6. The minimum Gasteiger partial charge on any atom is -0.493 e. The molecule has 200 valence electrons. The lowest BCUT2D eigenvalue weighted by atomic mass is 9.93. The number of carboxylic acids is 1. The van der Waals surface area contributed by atoms with Gasteiger partial charge in [0.2, 0.25) is 0 Å². The topological polar surface area (TPSA) is 94.1 Å². The van der Waals surface area contributed by atoms with Gasteiger partial charge in [-0.2, -0.15) is 0 Å². The van der Waals surface area contributed by atoms with Crippen molar-refractivity contribution in [3.63, 3.8) is 0 Å². The molecule has 2 unspecified atom stereocenters. The van der Waals surface area contributed by atoms with Crippen molar-refractivity contribution in [1.29, 1.82) is 0 Å². The van der Waals surface area contributed by atoms with Gasteiger partial charge in [0.15, 0.2) is 0 Å². The Labute approximate surface area is 225 Å². The first-order chi connectivity index (χ1) is 18.0. The van der Waals surface area contributed by atoms with E-state index in [1.807, 2.05) is 0 Å². The van der Waals surface area contributed by atoms with Gasteiger partial charge in [-0.25, -0.2) is 0 Å². The Hall–Kier alpha value is -3.47. The van der Waals surface area contributed by atoms with E-state index in [9.17, 15) is 27.9 Å². The highest BCUT2D eigenvalue weighted by atomic mass is 35.5. The number of ether oxygens (including phenoxy) is 3. The number of alkyl halides is 3. The van der Waals surface area contributed by atoms with Crippen molar-refractivity contribution in [2.24, 2.45) is 0 Å². The third-order valence-electron chi connectivity index (χ3n) is 5.65. The minimum absolute atomic E-state index is 0.0633. The molecule has 0 aromatic heterocycles. The van der Waals surface area contributed by atoms with Crippen LogP contribution in [0.25, 0.3) is 0 Å². The number of rotatable bonds is 8. The molecule has 0 aliphatic carbocycles. The Bertz CT molecular complexity index is 1320. The number of benzene rings is 3. The van der Waals surface area contributed by atoms with Crippen molar-refractivity contribution < 1.29 is 42.1 Å². The molecule has 3 aromatic carbocycles. The fraction of sp³-hybridized carbons (Fsp3) is 0.231. The highest BCUT2D eigenvalue weighted by Crippen LogP contribution is 2.41. The first-order valence-corrected chi connectivity index (χ1v) is 12.0. The summed E-state index contributed by atoms with van der Waals surface area (Å²) in [5.41, 5.74) is 0.990. The Kier molecular flexibility index (Phi) is 8.35. The summed E-state index contributed by atoms with van der Waals surface area (Å²) in [6.45, 7) is 0.228. The number of halogens is 5. The van der Waals surface area contributed by atoms with Gasteiger partial charge in [-0.05, 0) is 54.4 Å². The van der Waals surface area contributed by atoms with Crippen LogP contribution in [0.2, 0.25) is 10.0 Å². The van der Waals surface area contributed by atoms with Gasteiger partial charge in [0.05, 0.1) is 17.5 Å². The number of carbonyl (C=O) groups excluding carboxylic acids is 1. The molecule has 1 amide bonds. The predicted molar refractivity (Wildman–Crippen MR) is 132 cm³/mol. The highest BCUT2D eigenvalue weighted by Gasteiger charge is 2.34. The summed E-state index contributed by atoms with van der Waals surface area (Å²) in [4.78, 5) is 24.1.